The number of nitrogens with one attached hydrogen (secondary N) is 1. The van der Waals surface area contributed by atoms with Crippen molar-refractivity contribution in [1.82, 2.24) is 5.32 Å². The average molecular weight is 495 g/mol. The Kier molecular flexibility index (Phi) is 8.44. The van der Waals surface area contributed by atoms with Crippen molar-refractivity contribution in [1.29, 1.82) is 0 Å². The zero-order valence-electron chi connectivity index (χ0n) is 20.7. The quantitative estimate of drug-likeness (QED) is 0.146. The van der Waals surface area contributed by atoms with E-state index in [4.69, 9.17) is 4.74 Å². The fourth-order valence-electron chi connectivity index (χ4n) is 4.81. The summed E-state index contributed by atoms with van der Waals surface area (Å²) in [5.41, 5.74) is 1.77. The average Bonchev–Trinajstić information content (AvgIpc) is 2.95. The molecule has 2 atom stereocenters. The second kappa shape index (κ2) is 12.1. The lowest BCUT2D eigenvalue weighted by Crippen LogP contribution is -2.48. The first-order valence-corrected chi connectivity index (χ1v) is 12.3. The zero-order chi connectivity index (χ0) is 26.1. The minimum atomic E-state index is -1.23. The molecule has 0 radical (unpaired) electrons. The summed E-state index contributed by atoms with van der Waals surface area (Å²) in [5, 5.41) is 15.6. The van der Waals surface area contributed by atoms with Crippen molar-refractivity contribution in [2.45, 2.75) is 38.0 Å². The van der Waals surface area contributed by atoms with Crippen LogP contribution in [0.4, 0.5) is 5.69 Å². The van der Waals surface area contributed by atoms with E-state index in [0.717, 1.165) is 16.7 Å². The van der Waals surface area contributed by atoms with E-state index in [1.165, 1.54) is 6.07 Å². The van der Waals surface area contributed by atoms with Gasteiger partial charge < -0.3 is 10.1 Å². The van der Waals surface area contributed by atoms with Crippen LogP contribution in [0.1, 0.15) is 41.6 Å². The van der Waals surface area contributed by atoms with E-state index < -0.39 is 22.3 Å². The molecule has 6 nitrogen and oxygen atoms in total. The number of ether oxygens (including phenoxy) is 1. The monoisotopic (exact) mass is 494 g/mol. The summed E-state index contributed by atoms with van der Waals surface area (Å²) in [4.78, 5) is 25.8. The molecule has 0 aliphatic heterocycles. The second-order valence-corrected chi connectivity index (χ2v) is 8.87. The van der Waals surface area contributed by atoms with Gasteiger partial charge in [-0.3, -0.25) is 14.9 Å². The summed E-state index contributed by atoms with van der Waals surface area (Å²) in [6.45, 7) is 2.44. The number of nitrogens with zero attached hydrogens (tertiary/aromatic N) is 1. The molecule has 0 saturated heterocycles. The zero-order valence-corrected chi connectivity index (χ0v) is 20.7. The van der Waals surface area contributed by atoms with Crippen LogP contribution in [0.25, 0.3) is 0 Å². The molecule has 0 bridgehead atoms. The van der Waals surface area contributed by atoms with Crippen LogP contribution in [0.3, 0.4) is 0 Å². The molecule has 0 aliphatic carbocycles. The summed E-state index contributed by atoms with van der Waals surface area (Å²) in [6, 6.07) is 34.5. The molecule has 37 heavy (non-hydrogen) atoms. The van der Waals surface area contributed by atoms with Crippen LogP contribution in [0.5, 0.6) is 0 Å². The van der Waals surface area contributed by atoms with Crippen molar-refractivity contribution in [3.05, 3.63) is 148 Å². The van der Waals surface area contributed by atoms with Crippen LogP contribution in [0, 0.1) is 10.1 Å². The van der Waals surface area contributed by atoms with Gasteiger partial charge in [0.1, 0.15) is 12.0 Å². The van der Waals surface area contributed by atoms with E-state index in [1.807, 2.05) is 97.9 Å². The third-order valence-electron chi connectivity index (χ3n) is 6.71. The Morgan fingerprint density at radius 2 is 1.38 bits per heavy atom. The first kappa shape index (κ1) is 25.8. The first-order chi connectivity index (χ1) is 18.1. The Morgan fingerprint density at radius 3 is 1.97 bits per heavy atom. The maximum absolute atomic E-state index is 14.1. The molecule has 0 heterocycles. The normalized spacial score (nSPS) is 13.3. The molecule has 4 aromatic carbocycles. The van der Waals surface area contributed by atoms with Crippen molar-refractivity contribution in [2.24, 2.45) is 0 Å². The third-order valence-corrected chi connectivity index (χ3v) is 6.71. The predicted octanol–water partition coefficient (Wildman–Crippen LogP) is 6.52. The highest BCUT2D eigenvalue weighted by Gasteiger charge is 2.49. The molecule has 0 saturated carbocycles. The maximum atomic E-state index is 14.1. The Morgan fingerprint density at radius 1 is 0.838 bits per heavy atom. The van der Waals surface area contributed by atoms with Gasteiger partial charge in [0.05, 0.1) is 11.0 Å². The Hall–Kier alpha value is -4.29. The van der Waals surface area contributed by atoms with Gasteiger partial charge in [0.25, 0.3) is 5.69 Å². The number of hydrogen-bond acceptors (Lipinski definition) is 5. The van der Waals surface area contributed by atoms with E-state index in [2.05, 4.69) is 5.32 Å². The van der Waals surface area contributed by atoms with Crippen LogP contribution >= 0.6 is 0 Å². The van der Waals surface area contributed by atoms with Gasteiger partial charge in [-0.25, -0.2) is 0 Å². The van der Waals surface area contributed by atoms with Crippen molar-refractivity contribution >= 4 is 11.7 Å². The number of carbonyl (C=O) groups is 1. The van der Waals surface area contributed by atoms with Crippen LogP contribution in [0.15, 0.2) is 115 Å². The minimum absolute atomic E-state index is 0.0438. The van der Waals surface area contributed by atoms with E-state index in [0.29, 0.717) is 18.5 Å². The number of para-hydroxylation sites is 1. The summed E-state index contributed by atoms with van der Waals surface area (Å²) in [6.07, 6.45) is 0.364. The van der Waals surface area contributed by atoms with Crippen molar-refractivity contribution < 1.29 is 14.5 Å². The fraction of sp³-hybridized carbons (Fsp3) is 0.194. The fourth-order valence-corrected chi connectivity index (χ4v) is 4.81. The van der Waals surface area contributed by atoms with Gasteiger partial charge in [0.2, 0.25) is 0 Å². The SMILES string of the molecule is CC[C@](C(=O)OCc1ccccc1)(c1ccccc1)[C@@H](NCc1ccccc1)c1ccccc1[N+](=O)[O-]. The number of nitro benzene ring substituents is 1. The van der Waals surface area contributed by atoms with Gasteiger partial charge in [-0.1, -0.05) is 116 Å². The molecule has 1 N–H and O–H groups in total. The van der Waals surface area contributed by atoms with Gasteiger partial charge in [-0.15, -0.1) is 0 Å². The number of carbonyl (C=O) groups excluding carboxylic acids is 1. The highest BCUT2D eigenvalue weighted by atomic mass is 16.6. The van der Waals surface area contributed by atoms with E-state index in [9.17, 15) is 14.9 Å². The summed E-state index contributed by atoms with van der Waals surface area (Å²) in [5.74, 6) is -0.436. The van der Waals surface area contributed by atoms with Crippen molar-refractivity contribution in [3.63, 3.8) is 0 Å². The topological polar surface area (TPSA) is 81.5 Å². The molecule has 188 valence electrons. The highest BCUT2D eigenvalue weighted by Crippen LogP contribution is 2.44. The standard InChI is InChI=1S/C31H30N2O4/c1-2-31(26-18-10-5-11-19-26,30(34)37-23-25-16-8-4-9-17-25)29(32-22-24-14-6-3-7-15-24)27-20-12-13-21-28(27)33(35)36/h3-21,29,32H,2,22-23H2,1H3/t29-,31-/m0/s1. The van der Waals surface area contributed by atoms with Gasteiger partial charge >= 0.3 is 5.97 Å². The van der Waals surface area contributed by atoms with E-state index in [-0.39, 0.29) is 12.3 Å². The Bertz CT molecular complexity index is 1310. The summed E-state index contributed by atoms with van der Waals surface area (Å²) in [7, 11) is 0. The van der Waals surface area contributed by atoms with Crippen molar-refractivity contribution in [3.8, 4) is 0 Å². The van der Waals surface area contributed by atoms with Crippen LogP contribution in [-0.4, -0.2) is 10.9 Å². The molecule has 6 heteroatoms. The molecule has 4 aromatic rings. The molecule has 4 rings (SSSR count). The van der Waals surface area contributed by atoms with E-state index >= 15 is 0 Å². The van der Waals surface area contributed by atoms with E-state index in [1.54, 1.807) is 18.2 Å². The lowest BCUT2D eigenvalue weighted by atomic mass is 9.69. The summed E-state index contributed by atoms with van der Waals surface area (Å²) < 4.78 is 5.94. The smallest absolute Gasteiger partial charge is 0.318 e. The third kappa shape index (κ3) is 5.76. The van der Waals surface area contributed by atoms with Gasteiger partial charge in [-0.2, -0.15) is 0 Å². The Balaban J connectivity index is 1.84. The number of benzene rings is 4. The molecule has 0 spiro atoms. The van der Waals surface area contributed by atoms with Crippen molar-refractivity contribution in [2.75, 3.05) is 0 Å². The lowest BCUT2D eigenvalue weighted by Gasteiger charge is -2.39. The number of nitro groups is 1. The number of hydrogen-bond donors (Lipinski definition) is 1. The minimum Gasteiger partial charge on any atom is -0.460 e. The van der Waals surface area contributed by atoms with Gasteiger partial charge in [0.15, 0.2) is 0 Å². The van der Waals surface area contributed by atoms with Gasteiger partial charge in [0, 0.05) is 18.2 Å². The largest absolute Gasteiger partial charge is 0.460 e. The molecule has 0 aliphatic rings. The molecule has 0 unspecified atom stereocenters. The number of rotatable bonds is 11. The first-order valence-electron chi connectivity index (χ1n) is 12.3. The predicted molar refractivity (Wildman–Crippen MR) is 144 cm³/mol. The number of esters is 1. The van der Waals surface area contributed by atoms with Gasteiger partial charge in [-0.05, 0) is 23.1 Å². The van der Waals surface area contributed by atoms with Crippen LogP contribution in [0.2, 0.25) is 0 Å². The lowest BCUT2D eigenvalue weighted by molar-refractivity contribution is -0.385. The molecular formula is C31H30N2O4. The second-order valence-electron chi connectivity index (χ2n) is 8.87. The Labute approximate surface area is 217 Å². The van der Waals surface area contributed by atoms with Crippen LogP contribution in [-0.2, 0) is 28.1 Å². The van der Waals surface area contributed by atoms with Crippen LogP contribution < -0.4 is 5.32 Å². The summed E-state index contributed by atoms with van der Waals surface area (Å²) >= 11 is 0. The highest BCUT2D eigenvalue weighted by molar-refractivity contribution is 5.85. The molecule has 0 aromatic heterocycles. The molecule has 0 amide bonds. The maximum Gasteiger partial charge on any atom is 0.318 e. The molecular weight excluding hydrogens is 464 g/mol. The molecule has 0 fully saturated rings.